The molecule has 0 unspecified atom stereocenters. The van der Waals surface area contributed by atoms with Crippen LogP contribution in [0.15, 0.2) is 18.2 Å². The molecule has 0 radical (unpaired) electrons. The fourth-order valence-electron chi connectivity index (χ4n) is 2.01. The van der Waals surface area contributed by atoms with Crippen molar-refractivity contribution in [2.75, 3.05) is 0 Å². The number of aromatic nitrogens is 2. The standard InChI is InChI=1S/C13H18N2/c1-8(2)10-6-5-7-11-12(9(3)4)14-15-13(10)11/h5-9H,1-4H3,(H,14,15). The first-order valence-electron chi connectivity index (χ1n) is 5.58. The van der Waals surface area contributed by atoms with E-state index in [1.54, 1.807) is 0 Å². The van der Waals surface area contributed by atoms with Crippen LogP contribution in [0.3, 0.4) is 0 Å². The third kappa shape index (κ3) is 1.65. The zero-order valence-corrected chi connectivity index (χ0v) is 9.83. The summed E-state index contributed by atoms with van der Waals surface area (Å²) in [4.78, 5) is 0. The molecule has 80 valence electrons. The van der Waals surface area contributed by atoms with Crippen molar-refractivity contribution in [2.45, 2.75) is 39.5 Å². The molecule has 0 atom stereocenters. The Morgan fingerprint density at radius 3 is 2.40 bits per heavy atom. The summed E-state index contributed by atoms with van der Waals surface area (Å²) in [5.74, 6) is 1.01. The van der Waals surface area contributed by atoms with Gasteiger partial charge in [0.15, 0.2) is 0 Å². The number of hydrogen-bond acceptors (Lipinski definition) is 1. The third-order valence-corrected chi connectivity index (χ3v) is 2.83. The fraction of sp³-hybridized carbons (Fsp3) is 0.462. The van der Waals surface area contributed by atoms with E-state index in [0.29, 0.717) is 11.8 Å². The summed E-state index contributed by atoms with van der Waals surface area (Å²) < 4.78 is 0. The summed E-state index contributed by atoms with van der Waals surface area (Å²) in [6.45, 7) is 8.78. The van der Waals surface area contributed by atoms with Crippen molar-refractivity contribution in [2.24, 2.45) is 0 Å². The van der Waals surface area contributed by atoms with Gasteiger partial charge in [-0.1, -0.05) is 45.9 Å². The van der Waals surface area contributed by atoms with Crippen LogP contribution in [0.25, 0.3) is 10.9 Å². The molecular formula is C13H18N2. The minimum Gasteiger partial charge on any atom is -0.277 e. The van der Waals surface area contributed by atoms with Gasteiger partial charge in [0.2, 0.25) is 0 Å². The minimum absolute atomic E-state index is 0.473. The van der Waals surface area contributed by atoms with Crippen molar-refractivity contribution in [3.8, 4) is 0 Å². The lowest BCUT2D eigenvalue weighted by atomic mass is 9.98. The predicted molar refractivity (Wildman–Crippen MR) is 64.3 cm³/mol. The largest absolute Gasteiger partial charge is 0.277 e. The van der Waals surface area contributed by atoms with Crippen molar-refractivity contribution in [3.05, 3.63) is 29.5 Å². The average molecular weight is 202 g/mol. The van der Waals surface area contributed by atoms with E-state index in [1.165, 1.54) is 22.2 Å². The summed E-state index contributed by atoms with van der Waals surface area (Å²) >= 11 is 0. The van der Waals surface area contributed by atoms with Crippen LogP contribution in [0.4, 0.5) is 0 Å². The lowest BCUT2D eigenvalue weighted by molar-refractivity contribution is 0.817. The summed E-state index contributed by atoms with van der Waals surface area (Å²) in [7, 11) is 0. The molecule has 2 heteroatoms. The van der Waals surface area contributed by atoms with Gasteiger partial charge in [0.25, 0.3) is 0 Å². The summed E-state index contributed by atoms with van der Waals surface area (Å²) in [6, 6.07) is 6.45. The highest BCUT2D eigenvalue weighted by molar-refractivity contribution is 5.85. The van der Waals surface area contributed by atoms with Gasteiger partial charge >= 0.3 is 0 Å². The van der Waals surface area contributed by atoms with Crippen molar-refractivity contribution < 1.29 is 0 Å². The predicted octanol–water partition coefficient (Wildman–Crippen LogP) is 3.81. The lowest BCUT2D eigenvalue weighted by Crippen LogP contribution is -1.89. The maximum absolute atomic E-state index is 4.41. The molecule has 0 bridgehead atoms. The molecule has 0 aliphatic heterocycles. The fourth-order valence-corrected chi connectivity index (χ4v) is 2.01. The second-order valence-electron chi connectivity index (χ2n) is 4.69. The molecule has 0 saturated carbocycles. The third-order valence-electron chi connectivity index (χ3n) is 2.83. The number of nitrogens with one attached hydrogen (secondary N) is 1. The highest BCUT2D eigenvalue weighted by Gasteiger charge is 2.12. The molecule has 0 spiro atoms. The van der Waals surface area contributed by atoms with Crippen LogP contribution < -0.4 is 0 Å². The molecule has 2 aromatic rings. The first-order valence-corrected chi connectivity index (χ1v) is 5.58. The van der Waals surface area contributed by atoms with Gasteiger partial charge in [0.05, 0.1) is 11.2 Å². The van der Waals surface area contributed by atoms with Gasteiger partial charge in [-0.25, -0.2) is 0 Å². The van der Waals surface area contributed by atoms with Crippen LogP contribution in [-0.4, -0.2) is 10.2 Å². The number of hydrogen-bond donors (Lipinski definition) is 1. The van der Waals surface area contributed by atoms with E-state index >= 15 is 0 Å². The molecule has 2 rings (SSSR count). The van der Waals surface area contributed by atoms with E-state index in [4.69, 9.17) is 0 Å². The zero-order valence-electron chi connectivity index (χ0n) is 9.83. The molecule has 1 aromatic heterocycles. The Hall–Kier alpha value is -1.31. The normalized spacial score (nSPS) is 11.9. The molecule has 15 heavy (non-hydrogen) atoms. The first-order chi connectivity index (χ1) is 7.11. The number of nitrogens with zero attached hydrogens (tertiary/aromatic N) is 1. The Morgan fingerprint density at radius 1 is 1.07 bits per heavy atom. The number of aromatic amines is 1. The second-order valence-corrected chi connectivity index (χ2v) is 4.69. The summed E-state index contributed by atoms with van der Waals surface area (Å²) in [6.07, 6.45) is 0. The van der Waals surface area contributed by atoms with Crippen LogP contribution in [0, 0.1) is 0 Å². The van der Waals surface area contributed by atoms with E-state index in [9.17, 15) is 0 Å². The average Bonchev–Trinajstić information content (AvgIpc) is 2.59. The van der Waals surface area contributed by atoms with Crippen molar-refractivity contribution in [1.82, 2.24) is 10.2 Å². The van der Waals surface area contributed by atoms with E-state index in [1.807, 2.05) is 0 Å². The summed E-state index contributed by atoms with van der Waals surface area (Å²) in [5.41, 5.74) is 3.73. The van der Waals surface area contributed by atoms with Gasteiger partial charge in [-0.3, -0.25) is 5.10 Å². The van der Waals surface area contributed by atoms with Crippen LogP contribution >= 0.6 is 0 Å². The highest BCUT2D eigenvalue weighted by atomic mass is 15.1. The van der Waals surface area contributed by atoms with Gasteiger partial charge in [-0.2, -0.15) is 5.10 Å². The van der Waals surface area contributed by atoms with Crippen LogP contribution in [-0.2, 0) is 0 Å². The zero-order chi connectivity index (χ0) is 11.0. The maximum atomic E-state index is 4.41. The first kappa shape index (κ1) is 10.2. The monoisotopic (exact) mass is 202 g/mol. The molecule has 0 fully saturated rings. The number of benzene rings is 1. The Balaban J connectivity index is 2.69. The molecule has 0 saturated heterocycles. The molecule has 1 aromatic carbocycles. The number of fused-ring (bicyclic) bond motifs is 1. The van der Waals surface area contributed by atoms with Gasteiger partial charge < -0.3 is 0 Å². The van der Waals surface area contributed by atoms with Crippen LogP contribution in [0.5, 0.6) is 0 Å². The van der Waals surface area contributed by atoms with E-state index < -0.39 is 0 Å². The van der Waals surface area contributed by atoms with Crippen LogP contribution in [0.1, 0.15) is 50.8 Å². The van der Waals surface area contributed by atoms with E-state index in [2.05, 4.69) is 56.1 Å². The summed E-state index contributed by atoms with van der Waals surface area (Å²) in [5, 5.41) is 8.86. The molecule has 0 aliphatic rings. The van der Waals surface area contributed by atoms with Gasteiger partial charge in [0, 0.05) is 5.39 Å². The number of para-hydroxylation sites is 1. The Bertz CT molecular complexity index is 466. The second kappa shape index (κ2) is 3.69. The molecular weight excluding hydrogens is 184 g/mol. The minimum atomic E-state index is 0.473. The van der Waals surface area contributed by atoms with E-state index in [-0.39, 0.29) is 0 Å². The Morgan fingerprint density at radius 2 is 1.80 bits per heavy atom. The Kier molecular flexibility index (Phi) is 2.51. The molecule has 0 amide bonds. The lowest BCUT2D eigenvalue weighted by Gasteiger charge is -2.06. The molecule has 1 heterocycles. The Labute approximate surface area is 90.7 Å². The maximum Gasteiger partial charge on any atom is 0.0726 e. The molecule has 0 aliphatic carbocycles. The van der Waals surface area contributed by atoms with Crippen molar-refractivity contribution >= 4 is 10.9 Å². The molecule has 1 N–H and O–H groups in total. The van der Waals surface area contributed by atoms with Crippen LogP contribution in [0.2, 0.25) is 0 Å². The molecule has 2 nitrogen and oxygen atoms in total. The van der Waals surface area contributed by atoms with Crippen molar-refractivity contribution in [3.63, 3.8) is 0 Å². The topological polar surface area (TPSA) is 28.7 Å². The number of rotatable bonds is 2. The van der Waals surface area contributed by atoms with Gasteiger partial charge in [0.1, 0.15) is 0 Å². The van der Waals surface area contributed by atoms with Crippen molar-refractivity contribution in [1.29, 1.82) is 0 Å². The van der Waals surface area contributed by atoms with E-state index in [0.717, 1.165) is 0 Å². The highest BCUT2D eigenvalue weighted by Crippen LogP contribution is 2.28. The quantitative estimate of drug-likeness (QED) is 0.788. The SMILES string of the molecule is CC(C)c1n[nH]c2c(C(C)C)cccc12. The smallest absolute Gasteiger partial charge is 0.0726 e. The van der Waals surface area contributed by atoms with Gasteiger partial charge in [-0.15, -0.1) is 0 Å². The number of H-pyrrole nitrogens is 1. The van der Waals surface area contributed by atoms with Gasteiger partial charge in [-0.05, 0) is 17.4 Å².